The van der Waals surface area contributed by atoms with Gasteiger partial charge in [-0.3, -0.25) is 4.68 Å². The number of rotatable bonds is 5. The molecule has 2 rings (SSSR count). The van der Waals surface area contributed by atoms with Gasteiger partial charge in [0.1, 0.15) is 0 Å². The summed E-state index contributed by atoms with van der Waals surface area (Å²) in [7, 11) is 0. The van der Waals surface area contributed by atoms with Crippen LogP contribution >= 0.6 is 0 Å². The van der Waals surface area contributed by atoms with Crippen LogP contribution in [0.1, 0.15) is 24.1 Å². The molecule has 0 amide bonds. The zero-order valence-corrected chi connectivity index (χ0v) is 10.8. The third-order valence-corrected chi connectivity index (χ3v) is 2.89. The average molecular weight is 245 g/mol. The Kier molecular flexibility index (Phi) is 3.99. The van der Waals surface area contributed by atoms with Gasteiger partial charge in [0.25, 0.3) is 0 Å². The van der Waals surface area contributed by atoms with Gasteiger partial charge in [0.05, 0.1) is 25.0 Å². The zero-order valence-electron chi connectivity index (χ0n) is 10.8. The van der Waals surface area contributed by atoms with Crippen molar-refractivity contribution in [1.82, 2.24) is 9.78 Å². The largest absolute Gasteiger partial charge is 0.394 e. The number of aryl methyl sites for hydroxylation is 1. The molecule has 0 radical (unpaired) electrons. The number of hydrogen-bond acceptors (Lipinski definition) is 3. The third kappa shape index (κ3) is 3.11. The van der Waals surface area contributed by atoms with Crippen LogP contribution in [0.25, 0.3) is 0 Å². The van der Waals surface area contributed by atoms with E-state index < -0.39 is 0 Å². The van der Waals surface area contributed by atoms with Crippen molar-refractivity contribution in [3.63, 3.8) is 0 Å². The first kappa shape index (κ1) is 12.6. The molecule has 0 saturated heterocycles. The lowest BCUT2D eigenvalue weighted by Crippen LogP contribution is -2.06. The van der Waals surface area contributed by atoms with Gasteiger partial charge < -0.3 is 10.4 Å². The Balaban J connectivity index is 2.04. The van der Waals surface area contributed by atoms with Gasteiger partial charge in [-0.15, -0.1) is 0 Å². The monoisotopic (exact) mass is 245 g/mol. The fraction of sp³-hybridized carbons (Fsp3) is 0.357. The molecule has 96 valence electrons. The lowest BCUT2D eigenvalue weighted by atomic mass is 10.1. The maximum atomic E-state index is 8.84. The summed E-state index contributed by atoms with van der Waals surface area (Å²) in [5.74, 6) is 0. The van der Waals surface area contributed by atoms with Crippen molar-refractivity contribution in [3.05, 3.63) is 47.8 Å². The second-order valence-electron chi connectivity index (χ2n) is 4.50. The van der Waals surface area contributed by atoms with Crippen LogP contribution in [0, 0.1) is 6.92 Å². The number of aliphatic hydroxyl groups excluding tert-OH is 1. The Morgan fingerprint density at radius 3 is 3.00 bits per heavy atom. The number of aliphatic hydroxyl groups is 1. The van der Waals surface area contributed by atoms with Gasteiger partial charge in [0.15, 0.2) is 0 Å². The standard InChI is InChI=1S/C14H19N3O/c1-11-4-3-5-13(8-11)12(2)16-14-9-15-17(10-14)6-7-18/h3-5,8-10,12,16,18H,6-7H2,1-2H3. The van der Waals surface area contributed by atoms with Crippen molar-refractivity contribution in [3.8, 4) is 0 Å². The number of hydrogen-bond donors (Lipinski definition) is 2. The highest BCUT2D eigenvalue weighted by molar-refractivity contribution is 5.41. The van der Waals surface area contributed by atoms with Gasteiger partial charge in [-0.25, -0.2) is 0 Å². The van der Waals surface area contributed by atoms with Gasteiger partial charge in [-0.2, -0.15) is 5.10 Å². The van der Waals surface area contributed by atoms with Gasteiger partial charge in [-0.1, -0.05) is 29.8 Å². The summed E-state index contributed by atoms with van der Waals surface area (Å²) in [6.07, 6.45) is 3.68. The summed E-state index contributed by atoms with van der Waals surface area (Å²) in [6, 6.07) is 8.68. The van der Waals surface area contributed by atoms with Crippen molar-refractivity contribution >= 4 is 5.69 Å². The molecule has 0 bridgehead atoms. The van der Waals surface area contributed by atoms with Crippen molar-refractivity contribution in [2.75, 3.05) is 11.9 Å². The van der Waals surface area contributed by atoms with Crippen LogP contribution < -0.4 is 5.32 Å². The van der Waals surface area contributed by atoms with E-state index in [2.05, 4.69) is 48.5 Å². The van der Waals surface area contributed by atoms with E-state index >= 15 is 0 Å². The first-order valence-corrected chi connectivity index (χ1v) is 6.15. The maximum absolute atomic E-state index is 8.84. The number of benzene rings is 1. The highest BCUT2D eigenvalue weighted by Gasteiger charge is 2.06. The van der Waals surface area contributed by atoms with Crippen LogP contribution in [0.5, 0.6) is 0 Å². The summed E-state index contributed by atoms with van der Waals surface area (Å²) in [6.45, 7) is 4.85. The number of anilines is 1. The molecule has 0 spiro atoms. The Morgan fingerprint density at radius 2 is 2.28 bits per heavy atom. The highest BCUT2D eigenvalue weighted by Crippen LogP contribution is 2.19. The van der Waals surface area contributed by atoms with Gasteiger partial charge >= 0.3 is 0 Å². The molecule has 1 unspecified atom stereocenters. The summed E-state index contributed by atoms with van der Waals surface area (Å²) in [5, 5.41) is 16.4. The van der Waals surface area contributed by atoms with E-state index in [-0.39, 0.29) is 12.6 Å². The molecule has 1 aromatic heterocycles. The lowest BCUT2D eigenvalue weighted by molar-refractivity contribution is 0.269. The Morgan fingerprint density at radius 1 is 1.44 bits per heavy atom. The van der Waals surface area contributed by atoms with Crippen LogP contribution in [-0.4, -0.2) is 21.5 Å². The van der Waals surface area contributed by atoms with E-state index in [1.165, 1.54) is 11.1 Å². The molecular weight excluding hydrogens is 226 g/mol. The second-order valence-corrected chi connectivity index (χ2v) is 4.50. The molecule has 1 heterocycles. The molecule has 4 nitrogen and oxygen atoms in total. The van der Waals surface area contributed by atoms with Crippen LogP contribution in [-0.2, 0) is 6.54 Å². The molecule has 0 aliphatic carbocycles. The lowest BCUT2D eigenvalue weighted by Gasteiger charge is -2.14. The molecule has 1 aromatic carbocycles. The molecule has 0 aliphatic heterocycles. The van der Waals surface area contributed by atoms with Crippen LogP contribution in [0.2, 0.25) is 0 Å². The molecule has 0 fully saturated rings. The predicted molar refractivity (Wildman–Crippen MR) is 72.5 cm³/mol. The van der Waals surface area contributed by atoms with Crippen LogP contribution in [0.3, 0.4) is 0 Å². The van der Waals surface area contributed by atoms with Crippen molar-refractivity contribution in [2.45, 2.75) is 26.4 Å². The van der Waals surface area contributed by atoms with Crippen LogP contribution in [0.4, 0.5) is 5.69 Å². The van der Waals surface area contributed by atoms with Gasteiger partial charge in [0.2, 0.25) is 0 Å². The third-order valence-electron chi connectivity index (χ3n) is 2.89. The summed E-state index contributed by atoms with van der Waals surface area (Å²) in [4.78, 5) is 0. The molecule has 0 aliphatic rings. The van der Waals surface area contributed by atoms with Crippen molar-refractivity contribution in [2.24, 2.45) is 0 Å². The number of nitrogens with zero attached hydrogens (tertiary/aromatic N) is 2. The van der Waals surface area contributed by atoms with E-state index in [4.69, 9.17) is 5.11 Å². The second kappa shape index (κ2) is 5.69. The van der Waals surface area contributed by atoms with E-state index in [9.17, 15) is 0 Å². The number of aromatic nitrogens is 2. The van der Waals surface area contributed by atoms with E-state index in [0.29, 0.717) is 6.54 Å². The molecule has 2 aromatic rings. The predicted octanol–water partition coefficient (Wildman–Crippen LogP) is 2.36. The normalized spacial score (nSPS) is 12.4. The molecule has 0 saturated carbocycles. The average Bonchev–Trinajstić information content (AvgIpc) is 2.77. The van der Waals surface area contributed by atoms with E-state index in [0.717, 1.165) is 5.69 Å². The maximum Gasteiger partial charge on any atom is 0.0731 e. The summed E-state index contributed by atoms with van der Waals surface area (Å²) >= 11 is 0. The Labute approximate surface area is 107 Å². The quantitative estimate of drug-likeness (QED) is 0.850. The van der Waals surface area contributed by atoms with Crippen molar-refractivity contribution in [1.29, 1.82) is 0 Å². The minimum atomic E-state index is 0.106. The van der Waals surface area contributed by atoms with Gasteiger partial charge in [-0.05, 0) is 19.4 Å². The molecule has 1 atom stereocenters. The zero-order chi connectivity index (χ0) is 13.0. The Bertz CT molecular complexity index is 507. The molecule has 4 heteroatoms. The smallest absolute Gasteiger partial charge is 0.0731 e. The first-order valence-electron chi connectivity index (χ1n) is 6.15. The fourth-order valence-corrected chi connectivity index (χ4v) is 1.94. The van der Waals surface area contributed by atoms with E-state index in [1.807, 2.05) is 6.20 Å². The molecule has 18 heavy (non-hydrogen) atoms. The topological polar surface area (TPSA) is 50.1 Å². The fourth-order valence-electron chi connectivity index (χ4n) is 1.94. The first-order chi connectivity index (χ1) is 8.69. The molecule has 2 N–H and O–H groups in total. The SMILES string of the molecule is Cc1cccc(C(C)Nc2cnn(CCO)c2)c1. The highest BCUT2D eigenvalue weighted by atomic mass is 16.3. The minimum Gasteiger partial charge on any atom is -0.394 e. The van der Waals surface area contributed by atoms with Crippen molar-refractivity contribution < 1.29 is 5.11 Å². The Hall–Kier alpha value is -1.81. The summed E-state index contributed by atoms with van der Waals surface area (Å²) < 4.78 is 1.73. The number of nitrogens with one attached hydrogen (secondary N) is 1. The van der Waals surface area contributed by atoms with E-state index in [1.54, 1.807) is 10.9 Å². The van der Waals surface area contributed by atoms with Gasteiger partial charge in [0, 0.05) is 12.2 Å². The minimum absolute atomic E-state index is 0.106. The summed E-state index contributed by atoms with van der Waals surface area (Å²) in [5.41, 5.74) is 3.49. The molecular formula is C14H19N3O. The van der Waals surface area contributed by atoms with Crippen LogP contribution in [0.15, 0.2) is 36.7 Å².